The van der Waals surface area contributed by atoms with Crippen LogP contribution in [-0.4, -0.2) is 0 Å². The summed E-state index contributed by atoms with van der Waals surface area (Å²) in [5, 5.41) is 0.387. The zero-order chi connectivity index (χ0) is 14.2. The molecule has 0 aliphatic carbocycles. The summed E-state index contributed by atoms with van der Waals surface area (Å²) in [5.41, 5.74) is 0.356. The minimum absolute atomic E-state index is 0.160. The van der Waals surface area contributed by atoms with Crippen molar-refractivity contribution in [3.8, 4) is 11.1 Å². The van der Waals surface area contributed by atoms with Gasteiger partial charge in [0.1, 0.15) is 5.82 Å². The minimum Gasteiger partial charge on any atom is -0.207 e. The van der Waals surface area contributed by atoms with E-state index in [2.05, 4.69) is 0 Å². The van der Waals surface area contributed by atoms with Gasteiger partial charge in [0.2, 0.25) is 0 Å². The lowest BCUT2D eigenvalue weighted by molar-refractivity contribution is -0.137. The van der Waals surface area contributed by atoms with Gasteiger partial charge >= 0.3 is 6.18 Å². The molecule has 0 saturated heterocycles. The van der Waals surface area contributed by atoms with Crippen LogP contribution in [0.2, 0.25) is 5.02 Å². The molecule has 0 nitrogen and oxygen atoms in total. The molecule has 0 bridgehead atoms. The zero-order valence-corrected chi connectivity index (χ0v) is 10.6. The molecule has 0 unspecified atom stereocenters. The monoisotopic (exact) mass is 288 g/mol. The standard InChI is InChI=1S/C14H9ClF4/c1-8-2-3-11(15)7-13(8)9-4-10(14(17,18)19)6-12(16)5-9/h2-7H,1H3. The minimum atomic E-state index is -4.58. The average molecular weight is 289 g/mol. The summed E-state index contributed by atoms with van der Waals surface area (Å²) in [6, 6.07) is 7.28. The number of benzene rings is 2. The van der Waals surface area contributed by atoms with E-state index in [9.17, 15) is 17.6 Å². The third kappa shape index (κ3) is 3.07. The van der Waals surface area contributed by atoms with E-state index in [1.54, 1.807) is 19.1 Å². The van der Waals surface area contributed by atoms with Gasteiger partial charge in [-0.25, -0.2) is 4.39 Å². The van der Waals surface area contributed by atoms with Crippen molar-refractivity contribution in [3.05, 3.63) is 58.4 Å². The SMILES string of the molecule is Cc1ccc(Cl)cc1-c1cc(F)cc(C(F)(F)F)c1. The third-order valence-electron chi connectivity index (χ3n) is 2.74. The first-order chi connectivity index (χ1) is 8.77. The van der Waals surface area contributed by atoms with Crippen LogP contribution in [0.3, 0.4) is 0 Å². The summed E-state index contributed by atoms with van der Waals surface area (Å²) < 4.78 is 51.3. The predicted octanol–water partition coefficient (Wildman–Crippen LogP) is 5.47. The highest BCUT2D eigenvalue weighted by atomic mass is 35.5. The summed E-state index contributed by atoms with van der Waals surface area (Å²) in [6.45, 7) is 1.73. The van der Waals surface area contributed by atoms with E-state index in [1.807, 2.05) is 0 Å². The molecule has 19 heavy (non-hydrogen) atoms. The molecule has 0 spiro atoms. The summed E-state index contributed by atoms with van der Waals surface area (Å²) in [6.07, 6.45) is -4.58. The van der Waals surface area contributed by atoms with Crippen molar-refractivity contribution >= 4 is 11.6 Å². The van der Waals surface area contributed by atoms with Crippen LogP contribution in [0.5, 0.6) is 0 Å². The van der Waals surface area contributed by atoms with E-state index in [4.69, 9.17) is 11.6 Å². The van der Waals surface area contributed by atoms with Gasteiger partial charge in [-0.05, 0) is 53.9 Å². The van der Waals surface area contributed by atoms with Crippen molar-refractivity contribution in [2.45, 2.75) is 13.1 Å². The van der Waals surface area contributed by atoms with Crippen molar-refractivity contribution in [1.29, 1.82) is 0 Å². The fraction of sp³-hybridized carbons (Fsp3) is 0.143. The van der Waals surface area contributed by atoms with Crippen LogP contribution in [0.4, 0.5) is 17.6 Å². The first kappa shape index (κ1) is 13.9. The van der Waals surface area contributed by atoms with E-state index in [1.165, 1.54) is 6.07 Å². The van der Waals surface area contributed by atoms with Crippen LogP contribution >= 0.6 is 11.6 Å². The second-order valence-electron chi connectivity index (χ2n) is 4.19. The molecule has 0 amide bonds. The third-order valence-corrected chi connectivity index (χ3v) is 2.97. The van der Waals surface area contributed by atoms with Crippen molar-refractivity contribution in [2.75, 3.05) is 0 Å². The molecule has 0 fully saturated rings. The normalized spacial score (nSPS) is 11.7. The molecule has 2 aromatic rings. The Kier molecular flexibility index (Phi) is 3.54. The maximum Gasteiger partial charge on any atom is 0.416 e. The first-order valence-electron chi connectivity index (χ1n) is 5.41. The number of halogens is 5. The second-order valence-corrected chi connectivity index (χ2v) is 4.62. The lowest BCUT2D eigenvalue weighted by Gasteiger charge is -2.11. The van der Waals surface area contributed by atoms with Crippen LogP contribution in [0, 0.1) is 12.7 Å². The van der Waals surface area contributed by atoms with Gasteiger partial charge in [-0.3, -0.25) is 0 Å². The molecule has 0 saturated carbocycles. The second kappa shape index (κ2) is 4.85. The molecule has 100 valence electrons. The van der Waals surface area contributed by atoms with E-state index in [0.717, 1.165) is 17.7 Å². The average Bonchev–Trinajstić information content (AvgIpc) is 2.30. The summed E-state index contributed by atoms with van der Waals surface area (Å²) >= 11 is 5.82. The number of rotatable bonds is 1. The Morgan fingerprint density at radius 2 is 1.68 bits per heavy atom. The highest BCUT2D eigenvalue weighted by Crippen LogP contribution is 2.34. The molecule has 0 aromatic heterocycles. The molecule has 0 aliphatic heterocycles. The molecule has 2 aromatic carbocycles. The van der Waals surface area contributed by atoms with Gasteiger partial charge in [-0.2, -0.15) is 13.2 Å². The zero-order valence-electron chi connectivity index (χ0n) is 9.85. The number of hydrogen-bond donors (Lipinski definition) is 0. The Morgan fingerprint density at radius 3 is 2.32 bits per heavy atom. The van der Waals surface area contributed by atoms with Crippen LogP contribution in [0.1, 0.15) is 11.1 Å². The molecular weight excluding hydrogens is 280 g/mol. The smallest absolute Gasteiger partial charge is 0.207 e. The van der Waals surface area contributed by atoms with E-state index in [-0.39, 0.29) is 5.56 Å². The van der Waals surface area contributed by atoms with Crippen molar-refractivity contribution in [3.63, 3.8) is 0 Å². The van der Waals surface area contributed by atoms with Gasteiger partial charge < -0.3 is 0 Å². The molecule has 0 atom stereocenters. The molecule has 2 rings (SSSR count). The van der Waals surface area contributed by atoms with Crippen molar-refractivity contribution < 1.29 is 17.6 Å². The largest absolute Gasteiger partial charge is 0.416 e. The van der Waals surface area contributed by atoms with Crippen LogP contribution in [0.15, 0.2) is 36.4 Å². The van der Waals surface area contributed by atoms with Gasteiger partial charge in [0.15, 0.2) is 0 Å². The number of alkyl halides is 3. The van der Waals surface area contributed by atoms with E-state index >= 15 is 0 Å². The fourth-order valence-electron chi connectivity index (χ4n) is 1.81. The van der Waals surface area contributed by atoms with Gasteiger partial charge in [-0.1, -0.05) is 17.7 Å². The van der Waals surface area contributed by atoms with Crippen molar-refractivity contribution in [2.24, 2.45) is 0 Å². The Balaban J connectivity index is 2.63. The Labute approximate surface area is 112 Å². The first-order valence-corrected chi connectivity index (χ1v) is 5.79. The number of aryl methyl sites for hydroxylation is 1. The summed E-state index contributed by atoms with van der Waals surface area (Å²) in [7, 11) is 0. The highest BCUT2D eigenvalue weighted by Gasteiger charge is 2.31. The summed E-state index contributed by atoms with van der Waals surface area (Å²) in [5.74, 6) is -0.927. The van der Waals surface area contributed by atoms with Gasteiger partial charge in [0, 0.05) is 5.02 Å². The quantitative estimate of drug-likeness (QED) is 0.610. The van der Waals surface area contributed by atoms with Gasteiger partial charge in [-0.15, -0.1) is 0 Å². The van der Waals surface area contributed by atoms with Crippen LogP contribution < -0.4 is 0 Å². The molecule has 5 heteroatoms. The van der Waals surface area contributed by atoms with Gasteiger partial charge in [0.25, 0.3) is 0 Å². The highest BCUT2D eigenvalue weighted by molar-refractivity contribution is 6.30. The molecule has 0 heterocycles. The Hall–Kier alpha value is -1.55. The van der Waals surface area contributed by atoms with Crippen molar-refractivity contribution in [1.82, 2.24) is 0 Å². The number of hydrogen-bond acceptors (Lipinski definition) is 0. The van der Waals surface area contributed by atoms with Crippen LogP contribution in [-0.2, 0) is 6.18 Å². The van der Waals surface area contributed by atoms with E-state index < -0.39 is 17.6 Å². The van der Waals surface area contributed by atoms with E-state index in [0.29, 0.717) is 16.7 Å². The predicted molar refractivity (Wildman–Crippen MR) is 66.6 cm³/mol. The topological polar surface area (TPSA) is 0 Å². The Morgan fingerprint density at radius 1 is 1.00 bits per heavy atom. The summed E-state index contributed by atoms with van der Waals surface area (Å²) in [4.78, 5) is 0. The Bertz CT molecular complexity index is 617. The maximum absolute atomic E-state index is 13.3. The molecule has 0 aliphatic rings. The molecule has 0 radical (unpaired) electrons. The lowest BCUT2D eigenvalue weighted by atomic mass is 9.98. The van der Waals surface area contributed by atoms with Crippen LogP contribution in [0.25, 0.3) is 11.1 Å². The van der Waals surface area contributed by atoms with Gasteiger partial charge in [0.05, 0.1) is 5.56 Å². The molecular formula is C14H9ClF4. The lowest BCUT2D eigenvalue weighted by Crippen LogP contribution is -2.05. The maximum atomic E-state index is 13.3. The fourth-order valence-corrected chi connectivity index (χ4v) is 1.99. The molecule has 0 N–H and O–H groups in total.